The molecule has 7 rings (SSSR count). The lowest BCUT2D eigenvalue weighted by atomic mass is 9.92. The minimum absolute atomic E-state index is 0.0444. The molecule has 0 unspecified atom stereocenters. The van der Waals surface area contributed by atoms with Gasteiger partial charge in [0.05, 0.1) is 11.1 Å². The molecule has 0 spiro atoms. The van der Waals surface area contributed by atoms with E-state index in [1.807, 2.05) is 0 Å². The number of pyridine rings is 2. The number of phenols is 2. The third kappa shape index (κ3) is 3.97. The number of nitrogens with zero attached hydrogens (tertiary/aromatic N) is 2. The number of para-hydroxylation sites is 2. The fraction of sp³-hybridized carbons (Fsp3) is 0. The van der Waals surface area contributed by atoms with Crippen molar-refractivity contribution in [1.82, 2.24) is 0 Å². The van der Waals surface area contributed by atoms with Crippen LogP contribution in [0, 0.1) is 0 Å². The molecule has 0 atom stereocenters. The van der Waals surface area contributed by atoms with Gasteiger partial charge in [0.15, 0.2) is 24.8 Å². The summed E-state index contributed by atoms with van der Waals surface area (Å²) in [6.07, 6.45) is 6.02. The summed E-state index contributed by atoms with van der Waals surface area (Å²) >= 11 is 0. The largest absolute Gasteiger partial charge is 0.871 e. The Bertz CT molecular complexity index is 2200. The lowest BCUT2D eigenvalue weighted by Gasteiger charge is -2.21. The highest BCUT2D eigenvalue weighted by atomic mass is 16.4. The molecule has 214 valence electrons. The maximum Gasteiger partial charge on any atom is 0.343 e. The Labute approximate surface area is 247 Å². The van der Waals surface area contributed by atoms with Gasteiger partial charge in [-0.3, -0.25) is 0 Å². The highest BCUT2D eigenvalue weighted by molar-refractivity contribution is 6.00. The molecule has 0 aliphatic heterocycles. The van der Waals surface area contributed by atoms with Crippen molar-refractivity contribution < 1.29 is 38.4 Å². The van der Waals surface area contributed by atoms with Crippen molar-refractivity contribution in [2.75, 3.05) is 0 Å². The van der Waals surface area contributed by atoms with E-state index in [9.17, 15) is 30.0 Å². The van der Waals surface area contributed by atoms with E-state index in [-0.39, 0.29) is 44.4 Å². The predicted octanol–water partition coefficient (Wildman–Crippen LogP) is 3.35. The molecule has 10 heteroatoms. The summed E-state index contributed by atoms with van der Waals surface area (Å²) in [4.78, 5) is 26.9. The number of aromatic hydroxyl groups is 2. The van der Waals surface area contributed by atoms with E-state index in [4.69, 9.17) is 8.83 Å². The Morgan fingerprint density at radius 3 is 1.25 bits per heavy atom. The van der Waals surface area contributed by atoms with Crippen molar-refractivity contribution in [1.29, 1.82) is 0 Å². The van der Waals surface area contributed by atoms with E-state index in [1.54, 1.807) is 60.7 Å². The van der Waals surface area contributed by atoms with E-state index in [0.717, 1.165) is 0 Å². The summed E-state index contributed by atoms with van der Waals surface area (Å²) in [6.45, 7) is 0. The Hall–Kier alpha value is -6.42. The second-order valence-corrected chi connectivity index (χ2v) is 9.89. The van der Waals surface area contributed by atoms with Gasteiger partial charge in [-0.1, -0.05) is 60.0 Å². The molecular weight excluding hydrogens is 564 g/mol. The lowest BCUT2D eigenvalue weighted by molar-refractivity contribution is -0.599. The molecule has 7 aromatic rings. The summed E-state index contributed by atoms with van der Waals surface area (Å²) in [5, 5.41) is 52.1. The van der Waals surface area contributed by atoms with Crippen molar-refractivity contribution in [2.45, 2.75) is 0 Å². The molecule has 0 radical (unpaired) electrons. The number of phenolic OH excluding ortho intramolecular Hbond substituents is 2. The van der Waals surface area contributed by atoms with Crippen molar-refractivity contribution in [3.8, 4) is 56.6 Å². The number of rotatable bonds is 4. The fourth-order valence-electron chi connectivity index (χ4n) is 5.44. The van der Waals surface area contributed by atoms with Gasteiger partial charge in [-0.05, 0) is 12.1 Å². The minimum Gasteiger partial charge on any atom is -0.871 e. The number of benzene rings is 3. The second kappa shape index (κ2) is 10.1. The second-order valence-electron chi connectivity index (χ2n) is 9.89. The standard InChI is InChI=1S/C34H20N2O8/c37-29-19-11-3-5-13-21(19)43-33(41)25(29)23-27(35-15-7-1-8-16-35)31(39)24(28(32(23)40)36-17-9-2-10-18-36)26-30(38)20-12-4-6-14-22(20)44-34(26)42/h1-18H,(H2-2,37,38,39,40,41,42). The molecular formula is C34H20N2O8. The summed E-state index contributed by atoms with van der Waals surface area (Å²) < 4.78 is 13.7. The van der Waals surface area contributed by atoms with Crippen molar-refractivity contribution in [3.05, 3.63) is 131 Å². The van der Waals surface area contributed by atoms with E-state index >= 15 is 0 Å². The topological polar surface area (TPSA) is 155 Å². The average molecular weight is 585 g/mol. The van der Waals surface area contributed by atoms with Crippen LogP contribution in [0.1, 0.15) is 0 Å². The number of aromatic nitrogens is 2. The molecule has 44 heavy (non-hydrogen) atoms. The van der Waals surface area contributed by atoms with Gasteiger partial charge in [0.1, 0.15) is 22.3 Å². The van der Waals surface area contributed by atoms with Crippen LogP contribution in [0.25, 0.3) is 55.6 Å². The number of hydrogen-bond acceptors (Lipinski definition) is 8. The fourth-order valence-corrected chi connectivity index (χ4v) is 5.44. The molecule has 0 saturated carbocycles. The first-order chi connectivity index (χ1) is 21.4. The lowest BCUT2D eigenvalue weighted by Crippen LogP contribution is -2.35. The average Bonchev–Trinajstić information content (AvgIpc) is 3.04. The minimum atomic E-state index is -1.06. The third-order valence-electron chi connectivity index (χ3n) is 7.37. The van der Waals surface area contributed by atoms with E-state index in [1.165, 1.54) is 58.2 Å². The first kappa shape index (κ1) is 26.5. The molecule has 3 aromatic carbocycles. The van der Waals surface area contributed by atoms with Crippen LogP contribution in [0.15, 0.2) is 128 Å². The molecule has 4 aromatic heterocycles. The Balaban J connectivity index is 1.73. The molecule has 2 N–H and O–H groups in total. The third-order valence-corrected chi connectivity index (χ3v) is 7.37. The maximum absolute atomic E-state index is 13.9. The maximum atomic E-state index is 13.9. The first-order valence-corrected chi connectivity index (χ1v) is 13.4. The predicted molar refractivity (Wildman–Crippen MR) is 155 cm³/mol. The molecule has 0 fully saturated rings. The van der Waals surface area contributed by atoms with Crippen LogP contribution >= 0.6 is 0 Å². The van der Waals surface area contributed by atoms with Gasteiger partial charge >= 0.3 is 11.3 Å². The van der Waals surface area contributed by atoms with Crippen molar-refractivity contribution in [3.63, 3.8) is 0 Å². The van der Waals surface area contributed by atoms with E-state index in [2.05, 4.69) is 0 Å². The van der Waals surface area contributed by atoms with Crippen LogP contribution in [-0.4, -0.2) is 10.2 Å². The van der Waals surface area contributed by atoms with Crippen molar-refractivity contribution in [2.24, 2.45) is 0 Å². The smallest absolute Gasteiger partial charge is 0.343 e. The highest BCUT2D eigenvalue weighted by Gasteiger charge is 2.39. The van der Waals surface area contributed by atoms with Crippen LogP contribution in [0.4, 0.5) is 0 Å². The quantitative estimate of drug-likeness (QED) is 0.181. The summed E-state index contributed by atoms with van der Waals surface area (Å²) in [5.41, 5.74) is -4.37. The van der Waals surface area contributed by atoms with E-state index in [0.29, 0.717) is 0 Å². The van der Waals surface area contributed by atoms with Crippen LogP contribution in [0.2, 0.25) is 0 Å². The van der Waals surface area contributed by atoms with Gasteiger partial charge in [0, 0.05) is 35.0 Å². The van der Waals surface area contributed by atoms with Crippen LogP contribution in [-0.2, 0) is 0 Å². The Morgan fingerprint density at radius 2 is 0.864 bits per heavy atom. The summed E-state index contributed by atoms with van der Waals surface area (Å²) in [7, 11) is 0. The zero-order valence-electron chi connectivity index (χ0n) is 22.6. The molecule has 0 saturated heterocycles. The molecule has 0 amide bonds. The van der Waals surface area contributed by atoms with Crippen LogP contribution < -0.4 is 30.6 Å². The summed E-state index contributed by atoms with van der Waals surface area (Å²) in [5.74, 6) is -2.86. The van der Waals surface area contributed by atoms with Gasteiger partial charge in [0.25, 0.3) is 11.4 Å². The van der Waals surface area contributed by atoms with Crippen LogP contribution in [0.3, 0.4) is 0 Å². The SMILES string of the molecule is O=c1oc2ccccc2c([O-])c1-c1c(O)c(-[n+]2ccccc2)c(-c2c([O-])c3ccccc3oc2=O)c(O)c1-[n+]1ccccc1. The van der Waals surface area contributed by atoms with Gasteiger partial charge < -0.3 is 29.3 Å². The number of hydrogen-bond donors (Lipinski definition) is 2. The molecule has 10 nitrogen and oxygen atoms in total. The molecule has 0 aliphatic carbocycles. The normalized spacial score (nSPS) is 11.3. The Kier molecular flexibility index (Phi) is 6.10. The van der Waals surface area contributed by atoms with Crippen molar-refractivity contribution >= 4 is 21.9 Å². The molecule has 0 aliphatic rings. The molecule has 0 bridgehead atoms. The van der Waals surface area contributed by atoms with E-state index < -0.39 is 45.4 Å². The van der Waals surface area contributed by atoms with Gasteiger partial charge in [-0.15, -0.1) is 0 Å². The zero-order chi connectivity index (χ0) is 30.5. The summed E-state index contributed by atoms with van der Waals surface area (Å²) in [6, 6.07) is 22.1. The monoisotopic (exact) mass is 584 g/mol. The number of fused-ring (bicyclic) bond motifs is 2. The Morgan fingerprint density at radius 1 is 0.500 bits per heavy atom. The highest BCUT2D eigenvalue weighted by Crippen LogP contribution is 2.50. The van der Waals surface area contributed by atoms with Crippen LogP contribution in [0.5, 0.6) is 23.0 Å². The van der Waals surface area contributed by atoms with Gasteiger partial charge in [0.2, 0.25) is 11.5 Å². The van der Waals surface area contributed by atoms with Gasteiger partial charge in [-0.25, -0.2) is 9.59 Å². The van der Waals surface area contributed by atoms with Gasteiger partial charge in [-0.2, -0.15) is 9.13 Å². The molecule has 4 heterocycles. The first-order valence-electron chi connectivity index (χ1n) is 13.4. The zero-order valence-corrected chi connectivity index (χ0v) is 22.6.